The van der Waals surface area contributed by atoms with Crippen LogP contribution in [-0.2, 0) is 0 Å². The molecule has 28 heavy (non-hydrogen) atoms. The number of rotatable bonds is 15. The number of hydrogen-bond acceptors (Lipinski definition) is 4. The lowest BCUT2D eigenvalue weighted by Crippen LogP contribution is -2.32. The quantitative estimate of drug-likeness (QED) is 0.155. The molecule has 0 atom stereocenters. The van der Waals surface area contributed by atoms with E-state index in [9.17, 15) is 5.11 Å². The van der Waals surface area contributed by atoms with E-state index in [0.717, 1.165) is 18.5 Å². The highest BCUT2D eigenvalue weighted by atomic mass is 32.1. The first-order valence-corrected chi connectivity index (χ1v) is 11.1. The van der Waals surface area contributed by atoms with Crippen LogP contribution in [0.5, 0.6) is 11.5 Å². The number of phenols is 1. The van der Waals surface area contributed by atoms with E-state index in [0.29, 0.717) is 17.5 Å². The van der Waals surface area contributed by atoms with Gasteiger partial charge in [0.25, 0.3) is 0 Å². The highest BCUT2D eigenvalue weighted by Crippen LogP contribution is 2.26. The number of hydrogen-bond donors (Lipinski definition) is 3. The summed E-state index contributed by atoms with van der Waals surface area (Å²) >= 11 is 5.23. The lowest BCUT2D eigenvalue weighted by Gasteiger charge is -2.07. The van der Waals surface area contributed by atoms with Gasteiger partial charge >= 0.3 is 0 Å². The van der Waals surface area contributed by atoms with Crippen molar-refractivity contribution in [1.82, 2.24) is 10.7 Å². The van der Waals surface area contributed by atoms with Crippen LogP contribution in [0.25, 0.3) is 0 Å². The van der Waals surface area contributed by atoms with Gasteiger partial charge in [-0.05, 0) is 49.3 Å². The SMILES string of the molecule is CCCCCCCCCCCCNC(=S)N/N=C/c1ccc(O)c(OCC)c1. The Morgan fingerprint density at radius 1 is 1.04 bits per heavy atom. The Morgan fingerprint density at radius 2 is 1.68 bits per heavy atom. The lowest BCUT2D eigenvalue weighted by molar-refractivity contribution is 0.318. The fourth-order valence-corrected chi connectivity index (χ4v) is 3.06. The summed E-state index contributed by atoms with van der Waals surface area (Å²) in [5.74, 6) is 0.578. The average molecular weight is 408 g/mol. The van der Waals surface area contributed by atoms with Gasteiger partial charge in [0, 0.05) is 6.54 Å². The molecule has 0 spiro atoms. The average Bonchev–Trinajstić information content (AvgIpc) is 2.69. The molecule has 0 aromatic heterocycles. The third kappa shape index (κ3) is 11.8. The normalized spacial score (nSPS) is 10.9. The summed E-state index contributed by atoms with van der Waals surface area (Å²) in [7, 11) is 0. The second-order valence-electron chi connectivity index (χ2n) is 6.97. The van der Waals surface area contributed by atoms with E-state index >= 15 is 0 Å². The van der Waals surface area contributed by atoms with Gasteiger partial charge in [0.1, 0.15) is 0 Å². The third-order valence-corrected chi connectivity index (χ3v) is 4.71. The molecule has 1 aromatic rings. The van der Waals surface area contributed by atoms with Gasteiger partial charge in [0.05, 0.1) is 12.8 Å². The lowest BCUT2D eigenvalue weighted by atomic mass is 10.1. The molecule has 0 amide bonds. The Kier molecular flexibility index (Phi) is 14.0. The first kappa shape index (κ1) is 24.2. The van der Waals surface area contributed by atoms with E-state index in [4.69, 9.17) is 17.0 Å². The minimum Gasteiger partial charge on any atom is -0.504 e. The van der Waals surface area contributed by atoms with Gasteiger partial charge in [0.15, 0.2) is 16.6 Å². The van der Waals surface area contributed by atoms with E-state index in [2.05, 4.69) is 22.8 Å². The number of phenolic OH excluding ortho intramolecular Hbond substituents is 1. The van der Waals surface area contributed by atoms with Gasteiger partial charge in [-0.25, -0.2) is 0 Å². The number of hydrazone groups is 1. The third-order valence-electron chi connectivity index (χ3n) is 4.48. The predicted molar refractivity (Wildman–Crippen MR) is 122 cm³/mol. The van der Waals surface area contributed by atoms with E-state index in [1.54, 1.807) is 24.4 Å². The molecule has 0 aliphatic carbocycles. The standard InChI is InChI=1S/C22H37N3O2S/c1-3-5-6-7-8-9-10-11-12-13-16-23-22(28)25-24-18-19-14-15-20(26)21(17-19)27-4-2/h14-15,17-18,26H,3-13,16H2,1-2H3,(H2,23,25,28)/b24-18+. The summed E-state index contributed by atoms with van der Waals surface area (Å²) in [5.41, 5.74) is 3.64. The van der Waals surface area contributed by atoms with E-state index in [1.807, 2.05) is 6.92 Å². The molecule has 0 fully saturated rings. The van der Waals surface area contributed by atoms with Crippen LogP contribution >= 0.6 is 12.2 Å². The Morgan fingerprint density at radius 3 is 2.32 bits per heavy atom. The first-order valence-electron chi connectivity index (χ1n) is 10.7. The monoisotopic (exact) mass is 407 g/mol. The summed E-state index contributed by atoms with van der Waals surface area (Å²) in [5, 5.41) is 17.5. The van der Waals surface area contributed by atoms with Gasteiger partial charge in [-0.3, -0.25) is 5.43 Å². The Hall–Kier alpha value is -1.82. The summed E-state index contributed by atoms with van der Waals surface area (Å²) < 4.78 is 5.36. The van der Waals surface area contributed by atoms with Crippen molar-refractivity contribution in [3.63, 3.8) is 0 Å². The van der Waals surface area contributed by atoms with Crippen LogP contribution in [0.3, 0.4) is 0 Å². The molecule has 0 aliphatic rings. The largest absolute Gasteiger partial charge is 0.504 e. The van der Waals surface area contributed by atoms with Crippen LogP contribution in [0.1, 0.15) is 83.6 Å². The fourth-order valence-electron chi connectivity index (χ4n) is 2.90. The highest BCUT2D eigenvalue weighted by molar-refractivity contribution is 7.80. The molecule has 0 heterocycles. The molecule has 6 heteroatoms. The molecule has 1 aromatic carbocycles. The number of nitrogens with one attached hydrogen (secondary N) is 2. The van der Waals surface area contributed by atoms with Crippen molar-refractivity contribution in [3.05, 3.63) is 23.8 Å². The number of thiocarbonyl (C=S) groups is 1. The van der Waals surface area contributed by atoms with Gasteiger partial charge in [-0.1, -0.05) is 64.7 Å². The van der Waals surface area contributed by atoms with Crippen molar-refractivity contribution in [2.45, 2.75) is 78.1 Å². The van der Waals surface area contributed by atoms with E-state index in [-0.39, 0.29) is 5.75 Å². The molecule has 0 aliphatic heterocycles. The zero-order valence-electron chi connectivity index (χ0n) is 17.5. The maximum atomic E-state index is 9.70. The van der Waals surface area contributed by atoms with Gasteiger partial charge in [-0.2, -0.15) is 5.10 Å². The molecule has 5 nitrogen and oxygen atoms in total. The van der Waals surface area contributed by atoms with Crippen LogP contribution in [0, 0.1) is 0 Å². The predicted octanol–water partition coefficient (Wildman–Crippen LogP) is 5.51. The number of benzene rings is 1. The van der Waals surface area contributed by atoms with Gasteiger partial charge < -0.3 is 15.2 Å². The molecule has 1 rings (SSSR count). The first-order chi connectivity index (χ1) is 13.7. The summed E-state index contributed by atoms with van der Waals surface area (Å²) in [4.78, 5) is 0. The Labute approximate surface area is 176 Å². The zero-order valence-corrected chi connectivity index (χ0v) is 18.3. The van der Waals surface area contributed by atoms with Crippen molar-refractivity contribution in [2.75, 3.05) is 13.2 Å². The van der Waals surface area contributed by atoms with Crippen molar-refractivity contribution in [1.29, 1.82) is 0 Å². The zero-order chi connectivity index (χ0) is 20.5. The molecule has 3 N–H and O–H groups in total. The van der Waals surface area contributed by atoms with Crippen LogP contribution in [-0.4, -0.2) is 29.6 Å². The Bertz CT molecular complexity index is 579. The summed E-state index contributed by atoms with van der Waals surface area (Å²) in [6.45, 7) is 5.50. The number of nitrogens with zero attached hydrogens (tertiary/aromatic N) is 1. The van der Waals surface area contributed by atoms with Crippen molar-refractivity contribution < 1.29 is 9.84 Å². The van der Waals surface area contributed by atoms with Crippen molar-refractivity contribution in [3.8, 4) is 11.5 Å². The number of aromatic hydroxyl groups is 1. The maximum absolute atomic E-state index is 9.70. The van der Waals surface area contributed by atoms with Crippen LogP contribution in [0.4, 0.5) is 0 Å². The van der Waals surface area contributed by atoms with Crippen molar-refractivity contribution >= 4 is 23.5 Å². The number of ether oxygens (including phenoxy) is 1. The maximum Gasteiger partial charge on any atom is 0.186 e. The van der Waals surface area contributed by atoms with Crippen molar-refractivity contribution in [2.24, 2.45) is 5.10 Å². The number of unbranched alkanes of at least 4 members (excludes halogenated alkanes) is 9. The molecule has 0 bridgehead atoms. The molecule has 0 saturated carbocycles. The summed E-state index contributed by atoms with van der Waals surface area (Å²) in [6, 6.07) is 5.10. The van der Waals surface area contributed by atoms with Gasteiger partial charge in [-0.15, -0.1) is 0 Å². The smallest absolute Gasteiger partial charge is 0.186 e. The molecule has 0 saturated heterocycles. The second kappa shape index (κ2) is 16.2. The molecule has 0 radical (unpaired) electrons. The topological polar surface area (TPSA) is 65.9 Å². The Balaban J connectivity index is 2.06. The fraction of sp³-hybridized carbons (Fsp3) is 0.636. The van der Waals surface area contributed by atoms with Gasteiger partial charge in [0.2, 0.25) is 0 Å². The van der Waals surface area contributed by atoms with E-state index < -0.39 is 0 Å². The highest BCUT2D eigenvalue weighted by Gasteiger charge is 2.02. The van der Waals surface area contributed by atoms with Crippen LogP contribution in [0.15, 0.2) is 23.3 Å². The minimum atomic E-state index is 0.126. The molecule has 158 valence electrons. The van der Waals surface area contributed by atoms with E-state index in [1.165, 1.54) is 57.8 Å². The second-order valence-corrected chi connectivity index (χ2v) is 7.38. The summed E-state index contributed by atoms with van der Waals surface area (Å²) in [6.07, 6.45) is 14.9. The van der Waals surface area contributed by atoms with Crippen LogP contribution < -0.4 is 15.5 Å². The molecule has 0 unspecified atom stereocenters. The molecular weight excluding hydrogens is 370 g/mol. The van der Waals surface area contributed by atoms with Crippen LogP contribution in [0.2, 0.25) is 0 Å². The molecular formula is C22H37N3O2S. The minimum absolute atomic E-state index is 0.126.